The van der Waals surface area contributed by atoms with E-state index in [9.17, 15) is 14.4 Å². The summed E-state index contributed by atoms with van der Waals surface area (Å²) in [6, 6.07) is 0. The number of unbranched alkanes of at least 4 members (excludes halogenated alkanes) is 33. The Bertz CT molecular complexity index is 916. The lowest BCUT2D eigenvalue weighted by Gasteiger charge is -2.18. The average molecular weight is 849 g/mol. The molecular weight excluding hydrogens is 745 g/mol. The third-order valence-electron chi connectivity index (χ3n) is 12.2. The predicted octanol–water partition coefficient (Wildman–Crippen LogP) is 17.3. The van der Waals surface area contributed by atoms with Crippen LogP contribution in [-0.2, 0) is 28.6 Å². The van der Waals surface area contributed by atoms with E-state index in [1.807, 2.05) is 0 Å². The Balaban J connectivity index is 4.17. The number of esters is 3. The minimum absolute atomic E-state index is 0.0636. The maximum absolute atomic E-state index is 12.8. The monoisotopic (exact) mass is 849 g/mol. The first-order valence-corrected chi connectivity index (χ1v) is 26.7. The molecule has 0 amide bonds. The molecule has 0 fully saturated rings. The molecular formula is C54H104O6. The Labute approximate surface area is 374 Å². The summed E-state index contributed by atoms with van der Waals surface area (Å²) in [4.78, 5) is 37.8. The van der Waals surface area contributed by atoms with E-state index in [1.54, 1.807) is 0 Å². The lowest BCUT2D eigenvalue weighted by atomic mass is 10.0. The molecule has 0 aromatic carbocycles. The van der Waals surface area contributed by atoms with Gasteiger partial charge in [0.15, 0.2) is 6.10 Å². The SMILES string of the molecule is CCCCCCCCCC(=O)OC[C@H](COC(=O)CCCCCCCCCCCCCCCCCC(C)C)OC(=O)CCCCCCCCCCCCCCCCC(C)C. The van der Waals surface area contributed by atoms with E-state index in [0.29, 0.717) is 19.3 Å². The molecule has 0 N–H and O–H groups in total. The summed E-state index contributed by atoms with van der Waals surface area (Å²) < 4.78 is 16.8. The Morgan fingerprint density at radius 1 is 0.317 bits per heavy atom. The molecule has 0 radical (unpaired) electrons. The van der Waals surface area contributed by atoms with E-state index < -0.39 is 6.10 Å². The van der Waals surface area contributed by atoms with Crippen LogP contribution in [0.3, 0.4) is 0 Å². The van der Waals surface area contributed by atoms with E-state index in [4.69, 9.17) is 14.2 Å². The van der Waals surface area contributed by atoms with Gasteiger partial charge in [0.2, 0.25) is 0 Å². The number of hydrogen-bond acceptors (Lipinski definition) is 6. The normalized spacial score (nSPS) is 12.1. The van der Waals surface area contributed by atoms with Crippen molar-refractivity contribution in [3.05, 3.63) is 0 Å². The second-order valence-electron chi connectivity index (χ2n) is 19.5. The minimum Gasteiger partial charge on any atom is -0.462 e. The largest absolute Gasteiger partial charge is 0.462 e. The van der Waals surface area contributed by atoms with E-state index in [1.165, 1.54) is 186 Å². The van der Waals surface area contributed by atoms with Crippen molar-refractivity contribution in [1.82, 2.24) is 0 Å². The lowest BCUT2D eigenvalue weighted by Crippen LogP contribution is -2.30. The minimum atomic E-state index is -0.760. The van der Waals surface area contributed by atoms with Gasteiger partial charge >= 0.3 is 17.9 Å². The van der Waals surface area contributed by atoms with Gasteiger partial charge in [0.1, 0.15) is 13.2 Å². The van der Waals surface area contributed by atoms with Crippen LogP contribution in [0.1, 0.15) is 298 Å². The summed E-state index contributed by atoms with van der Waals surface area (Å²) in [5.74, 6) is 0.841. The molecule has 0 aliphatic carbocycles. The molecule has 1 atom stereocenters. The van der Waals surface area contributed by atoms with E-state index in [2.05, 4.69) is 34.6 Å². The Kier molecular flexibility index (Phi) is 45.7. The average Bonchev–Trinajstić information content (AvgIpc) is 3.22. The van der Waals surface area contributed by atoms with Gasteiger partial charge in [-0.15, -0.1) is 0 Å². The molecule has 60 heavy (non-hydrogen) atoms. The predicted molar refractivity (Wildman–Crippen MR) is 256 cm³/mol. The lowest BCUT2D eigenvalue weighted by molar-refractivity contribution is -0.167. The van der Waals surface area contributed by atoms with Crippen LogP contribution in [0.5, 0.6) is 0 Å². The van der Waals surface area contributed by atoms with Crippen molar-refractivity contribution in [2.75, 3.05) is 13.2 Å². The fourth-order valence-electron chi connectivity index (χ4n) is 8.17. The number of rotatable bonds is 48. The summed E-state index contributed by atoms with van der Waals surface area (Å²) in [5, 5.41) is 0. The highest BCUT2D eigenvalue weighted by molar-refractivity contribution is 5.71. The zero-order valence-corrected chi connectivity index (χ0v) is 41.1. The fraction of sp³-hybridized carbons (Fsp3) is 0.944. The zero-order valence-electron chi connectivity index (χ0n) is 41.1. The Morgan fingerprint density at radius 3 is 0.817 bits per heavy atom. The highest BCUT2D eigenvalue weighted by Crippen LogP contribution is 2.18. The highest BCUT2D eigenvalue weighted by Gasteiger charge is 2.19. The molecule has 6 nitrogen and oxygen atoms in total. The van der Waals surface area contributed by atoms with E-state index in [0.717, 1.165) is 69.6 Å². The van der Waals surface area contributed by atoms with Crippen molar-refractivity contribution in [1.29, 1.82) is 0 Å². The molecule has 0 rings (SSSR count). The van der Waals surface area contributed by atoms with Gasteiger partial charge in [0, 0.05) is 19.3 Å². The standard InChI is InChI=1S/C54H104O6/c1-6-7-8-9-27-34-39-44-52(55)58-47-51(60-54(57)46-41-36-31-26-22-18-14-13-16-20-24-29-33-38-43-50(4)5)48-59-53(56)45-40-35-30-25-21-17-12-10-11-15-19-23-28-32-37-42-49(2)3/h49-51H,6-48H2,1-5H3/t51-/m1/s1. The second-order valence-corrected chi connectivity index (χ2v) is 19.5. The van der Waals surface area contributed by atoms with Crippen LogP contribution in [0.4, 0.5) is 0 Å². The first-order valence-electron chi connectivity index (χ1n) is 26.7. The van der Waals surface area contributed by atoms with Gasteiger partial charge in [-0.1, -0.05) is 259 Å². The first-order chi connectivity index (χ1) is 29.2. The molecule has 356 valence electrons. The Morgan fingerprint density at radius 2 is 0.550 bits per heavy atom. The van der Waals surface area contributed by atoms with E-state index >= 15 is 0 Å². The maximum Gasteiger partial charge on any atom is 0.306 e. The third kappa shape index (κ3) is 47.5. The zero-order chi connectivity index (χ0) is 44.0. The quantitative estimate of drug-likeness (QED) is 0.0345. The van der Waals surface area contributed by atoms with Crippen LogP contribution in [0.25, 0.3) is 0 Å². The smallest absolute Gasteiger partial charge is 0.306 e. The van der Waals surface area contributed by atoms with Crippen LogP contribution < -0.4 is 0 Å². The first kappa shape index (κ1) is 58.4. The van der Waals surface area contributed by atoms with Crippen molar-refractivity contribution in [2.45, 2.75) is 304 Å². The van der Waals surface area contributed by atoms with Gasteiger partial charge in [-0.3, -0.25) is 14.4 Å². The van der Waals surface area contributed by atoms with E-state index in [-0.39, 0.29) is 31.1 Å². The second kappa shape index (κ2) is 46.9. The van der Waals surface area contributed by atoms with Gasteiger partial charge in [0.25, 0.3) is 0 Å². The van der Waals surface area contributed by atoms with Crippen molar-refractivity contribution in [3.63, 3.8) is 0 Å². The molecule has 0 spiro atoms. The summed E-state index contributed by atoms with van der Waals surface area (Å²) >= 11 is 0. The molecule has 6 heteroatoms. The van der Waals surface area contributed by atoms with Gasteiger partial charge in [-0.05, 0) is 31.1 Å². The van der Waals surface area contributed by atoms with Crippen molar-refractivity contribution in [3.8, 4) is 0 Å². The maximum atomic E-state index is 12.8. The highest BCUT2D eigenvalue weighted by atomic mass is 16.6. The number of carbonyl (C=O) groups excluding carboxylic acids is 3. The Hall–Kier alpha value is -1.59. The molecule has 0 heterocycles. The van der Waals surface area contributed by atoms with Crippen LogP contribution in [-0.4, -0.2) is 37.2 Å². The number of hydrogen-bond donors (Lipinski definition) is 0. The fourth-order valence-corrected chi connectivity index (χ4v) is 8.17. The van der Waals surface area contributed by atoms with Crippen LogP contribution in [0, 0.1) is 11.8 Å². The number of ether oxygens (including phenoxy) is 3. The van der Waals surface area contributed by atoms with Gasteiger partial charge in [-0.25, -0.2) is 0 Å². The van der Waals surface area contributed by atoms with Crippen molar-refractivity contribution >= 4 is 17.9 Å². The van der Waals surface area contributed by atoms with Gasteiger partial charge < -0.3 is 14.2 Å². The summed E-state index contributed by atoms with van der Waals surface area (Å²) in [6.07, 6.45) is 48.2. The molecule has 0 bridgehead atoms. The van der Waals surface area contributed by atoms with Crippen molar-refractivity contribution in [2.24, 2.45) is 11.8 Å². The molecule has 0 unspecified atom stereocenters. The summed E-state index contributed by atoms with van der Waals surface area (Å²) in [7, 11) is 0. The molecule has 0 aliphatic heterocycles. The molecule has 0 aromatic heterocycles. The summed E-state index contributed by atoms with van der Waals surface area (Å²) in [5.41, 5.74) is 0. The molecule has 0 aromatic rings. The van der Waals surface area contributed by atoms with Crippen molar-refractivity contribution < 1.29 is 28.6 Å². The van der Waals surface area contributed by atoms with Gasteiger partial charge in [0.05, 0.1) is 0 Å². The van der Waals surface area contributed by atoms with Crippen LogP contribution >= 0.6 is 0 Å². The number of carbonyl (C=O) groups is 3. The molecule has 0 saturated carbocycles. The molecule has 0 saturated heterocycles. The third-order valence-corrected chi connectivity index (χ3v) is 12.2. The summed E-state index contributed by atoms with van der Waals surface area (Å²) in [6.45, 7) is 11.4. The molecule has 0 aliphatic rings. The van der Waals surface area contributed by atoms with Crippen LogP contribution in [0.2, 0.25) is 0 Å². The van der Waals surface area contributed by atoms with Gasteiger partial charge in [-0.2, -0.15) is 0 Å². The van der Waals surface area contributed by atoms with Crippen LogP contribution in [0.15, 0.2) is 0 Å². The topological polar surface area (TPSA) is 78.9 Å².